The summed E-state index contributed by atoms with van der Waals surface area (Å²) >= 11 is 0. The molecule has 3 rings (SSSR count). The minimum absolute atomic E-state index is 0.137. The molecule has 1 unspecified atom stereocenters. The number of nitriles is 1. The van der Waals surface area contributed by atoms with Crippen molar-refractivity contribution < 1.29 is 4.74 Å². The highest BCUT2D eigenvalue weighted by atomic mass is 16.5. The molecule has 23 heavy (non-hydrogen) atoms. The summed E-state index contributed by atoms with van der Waals surface area (Å²) in [6.45, 7) is 3.14. The molecular formula is C14H16N8O. The second kappa shape index (κ2) is 7.44. The highest BCUT2D eigenvalue weighted by molar-refractivity contribution is 5.56. The van der Waals surface area contributed by atoms with E-state index in [0.29, 0.717) is 18.2 Å². The number of hydrogen-bond donors (Lipinski definition) is 3. The molecule has 1 fully saturated rings. The van der Waals surface area contributed by atoms with Crippen LogP contribution in [0.5, 0.6) is 0 Å². The molecule has 2 aromatic rings. The second-order valence-corrected chi connectivity index (χ2v) is 4.93. The molecule has 1 atom stereocenters. The number of nitrogens with zero attached hydrogens (tertiary/aromatic N) is 5. The van der Waals surface area contributed by atoms with Crippen LogP contribution < -0.4 is 16.0 Å². The predicted molar refractivity (Wildman–Crippen MR) is 83.2 cm³/mol. The van der Waals surface area contributed by atoms with Crippen LogP contribution in [0.25, 0.3) is 0 Å². The van der Waals surface area contributed by atoms with Crippen molar-refractivity contribution >= 4 is 17.3 Å². The summed E-state index contributed by atoms with van der Waals surface area (Å²) < 4.78 is 5.63. The average Bonchev–Trinajstić information content (AvgIpc) is 2.62. The molecule has 2 aromatic heterocycles. The van der Waals surface area contributed by atoms with Crippen molar-refractivity contribution in [3.63, 3.8) is 0 Å². The summed E-state index contributed by atoms with van der Waals surface area (Å²) in [6.07, 6.45) is 4.65. The third-order valence-corrected chi connectivity index (χ3v) is 3.22. The van der Waals surface area contributed by atoms with Crippen LogP contribution in [0.3, 0.4) is 0 Å². The van der Waals surface area contributed by atoms with Gasteiger partial charge in [-0.15, -0.1) is 5.10 Å². The molecule has 9 heteroatoms. The van der Waals surface area contributed by atoms with E-state index in [1.807, 2.05) is 12.1 Å². The van der Waals surface area contributed by atoms with Crippen molar-refractivity contribution in [2.45, 2.75) is 6.10 Å². The molecule has 3 heterocycles. The number of rotatable bonds is 5. The number of hydrogen-bond acceptors (Lipinski definition) is 9. The summed E-state index contributed by atoms with van der Waals surface area (Å²) in [5, 5.41) is 26.2. The van der Waals surface area contributed by atoms with Gasteiger partial charge < -0.3 is 20.7 Å². The van der Waals surface area contributed by atoms with Crippen molar-refractivity contribution in [1.82, 2.24) is 25.5 Å². The molecule has 9 nitrogen and oxygen atoms in total. The topological polar surface area (TPSA) is 121 Å². The Morgan fingerprint density at radius 3 is 3.00 bits per heavy atom. The quantitative estimate of drug-likeness (QED) is 0.714. The van der Waals surface area contributed by atoms with Crippen LogP contribution >= 0.6 is 0 Å². The number of nitrogens with one attached hydrogen (secondary N) is 3. The van der Waals surface area contributed by atoms with Gasteiger partial charge in [0.25, 0.3) is 0 Å². The lowest BCUT2D eigenvalue weighted by Gasteiger charge is -2.24. The molecular weight excluding hydrogens is 296 g/mol. The third-order valence-electron chi connectivity index (χ3n) is 3.22. The maximum absolute atomic E-state index is 8.70. The molecule has 118 valence electrons. The molecule has 0 spiro atoms. The van der Waals surface area contributed by atoms with Crippen LogP contribution in [0.1, 0.15) is 5.69 Å². The SMILES string of the molecule is N#Cc1cnc(Nc2cc(NCC3CNCCO3)cnn2)cn1. The lowest BCUT2D eigenvalue weighted by Crippen LogP contribution is -2.42. The standard InChI is InChI=1S/C14H16N8O/c15-4-11-5-19-14(9-18-11)21-13-3-10(6-20-22-13)17-8-12-7-16-1-2-23-12/h3,5-6,9,12,16H,1-2,7-8H2,(H2,17,19,21,22). The molecule has 0 aliphatic carbocycles. The van der Waals surface area contributed by atoms with E-state index in [2.05, 4.69) is 36.1 Å². The first-order valence-corrected chi connectivity index (χ1v) is 7.21. The van der Waals surface area contributed by atoms with Gasteiger partial charge in [-0.25, -0.2) is 9.97 Å². The molecule has 0 saturated carbocycles. The Bertz CT molecular complexity index is 678. The summed E-state index contributed by atoms with van der Waals surface area (Å²) in [6, 6.07) is 3.74. The van der Waals surface area contributed by atoms with E-state index < -0.39 is 0 Å². The van der Waals surface area contributed by atoms with Gasteiger partial charge in [-0.1, -0.05) is 0 Å². The lowest BCUT2D eigenvalue weighted by atomic mass is 10.3. The normalized spacial score (nSPS) is 17.3. The van der Waals surface area contributed by atoms with Gasteiger partial charge in [0.2, 0.25) is 0 Å². The highest BCUT2D eigenvalue weighted by Gasteiger charge is 2.12. The monoisotopic (exact) mass is 312 g/mol. The van der Waals surface area contributed by atoms with Crippen molar-refractivity contribution in [3.05, 3.63) is 30.4 Å². The lowest BCUT2D eigenvalue weighted by molar-refractivity contribution is 0.0372. The van der Waals surface area contributed by atoms with E-state index in [1.165, 1.54) is 12.4 Å². The Balaban J connectivity index is 1.59. The zero-order chi connectivity index (χ0) is 15.9. The maximum atomic E-state index is 8.70. The Labute approximate surface area is 133 Å². The number of ether oxygens (including phenoxy) is 1. The second-order valence-electron chi connectivity index (χ2n) is 4.93. The van der Waals surface area contributed by atoms with Crippen LogP contribution in [-0.4, -0.2) is 52.5 Å². The first-order chi connectivity index (χ1) is 11.3. The first kappa shape index (κ1) is 15.1. The van der Waals surface area contributed by atoms with Crippen molar-refractivity contribution in [2.75, 3.05) is 36.9 Å². The Morgan fingerprint density at radius 2 is 2.26 bits per heavy atom. The Kier molecular flexibility index (Phi) is 4.88. The van der Waals surface area contributed by atoms with Crippen molar-refractivity contribution in [2.24, 2.45) is 0 Å². The fraction of sp³-hybridized carbons (Fsp3) is 0.357. The van der Waals surface area contributed by atoms with Gasteiger partial charge in [0.15, 0.2) is 11.5 Å². The van der Waals surface area contributed by atoms with Gasteiger partial charge in [0, 0.05) is 25.7 Å². The maximum Gasteiger partial charge on any atom is 0.158 e. The fourth-order valence-corrected chi connectivity index (χ4v) is 2.09. The summed E-state index contributed by atoms with van der Waals surface area (Å²) in [4.78, 5) is 8.02. The van der Waals surface area contributed by atoms with E-state index in [0.717, 1.165) is 25.4 Å². The number of anilines is 3. The zero-order valence-corrected chi connectivity index (χ0v) is 12.4. The van der Waals surface area contributed by atoms with Gasteiger partial charge in [-0.2, -0.15) is 10.4 Å². The van der Waals surface area contributed by atoms with E-state index >= 15 is 0 Å². The van der Waals surface area contributed by atoms with Gasteiger partial charge in [-0.3, -0.25) is 0 Å². The largest absolute Gasteiger partial charge is 0.381 e. The molecule has 1 aliphatic rings. The van der Waals surface area contributed by atoms with E-state index in [4.69, 9.17) is 10.00 Å². The van der Waals surface area contributed by atoms with Gasteiger partial charge in [0.05, 0.1) is 37.0 Å². The summed E-state index contributed by atoms with van der Waals surface area (Å²) in [5.41, 5.74) is 1.09. The van der Waals surface area contributed by atoms with Crippen molar-refractivity contribution in [3.8, 4) is 6.07 Å². The van der Waals surface area contributed by atoms with Crippen LogP contribution in [0.15, 0.2) is 24.7 Å². The van der Waals surface area contributed by atoms with Crippen LogP contribution in [0.2, 0.25) is 0 Å². The van der Waals surface area contributed by atoms with Crippen LogP contribution in [0, 0.1) is 11.3 Å². The van der Waals surface area contributed by atoms with Crippen molar-refractivity contribution in [1.29, 1.82) is 5.26 Å². The average molecular weight is 312 g/mol. The zero-order valence-electron chi connectivity index (χ0n) is 12.4. The van der Waals surface area contributed by atoms with Gasteiger partial charge in [0.1, 0.15) is 11.9 Å². The van der Waals surface area contributed by atoms with E-state index in [9.17, 15) is 0 Å². The number of aromatic nitrogens is 4. The smallest absolute Gasteiger partial charge is 0.158 e. The van der Waals surface area contributed by atoms with E-state index in [1.54, 1.807) is 6.20 Å². The minimum atomic E-state index is 0.137. The predicted octanol–water partition coefficient (Wildman–Crippen LogP) is 0.282. The molecule has 1 aliphatic heterocycles. The summed E-state index contributed by atoms with van der Waals surface area (Å²) in [5.74, 6) is 1.03. The molecule has 3 N–H and O–H groups in total. The van der Waals surface area contributed by atoms with Crippen LogP contribution in [-0.2, 0) is 4.74 Å². The minimum Gasteiger partial charge on any atom is -0.381 e. The van der Waals surface area contributed by atoms with Gasteiger partial charge in [-0.05, 0) is 0 Å². The fourth-order valence-electron chi connectivity index (χ4n) is 2.09. The van der Waals surface area contributed by atoms with E-state index in [-0.39, 0.29) is 11.8 Å². The molecule has 0 radical (unpaired) electrons. The molecule has 1 saturated heterocycles. The Morgan fingerprint density at radius 1 is 1.30 bits per heavy atom. The first-order valence-electron chi connectivity index (χ1n) is 7.21. The molecule has 0 aromatic carbocycles. The Hall–Kier alpha value is -2.83. The molecule has 0 amide bonds. The third kappa shape index (κ3) is 4.32. The van der Waals surface area contributed by atoms with Gasteiger partial charge >= 0.3 is 0 Å². The summed E-state index contributed by atoms with van der Waals surface area (Å²) in [7, 11) is 0. The molecule has 0 bridgehead atoms. The van der Waals surface area contributed by atoms with Crippen LogP contribution in [0.4, 0.5) is 17.3 Å². The highest BCUT2D eigenvalue weighted by Crippen LogP contribution is 2.14. The number of morpholine rings is 1.